The smallest absolute Gasteiger partial charge is 0.310 e. The molecule has 5 atom stereocenters. The fraction of sp³-hybridized carbons (Fsp3) is 0.667. The van der Waals surface area contributed by atoms with E-state index in [4.69, 9.17) is 4.74 Å². The maximum absolute atomic E-state index is 12.9. The lowest BCUT2D eigenvalue weighted by atomic mass is 9.59. The number of carbonyl (C=O) groups is 1. The van der Waals surface area contributed by atoms with Gasteiger partial charge in [0.1, 0.15) is 6.10 Å². The van der Waals surface area contributed by atoms with Crippen molar-refractivity contribution in [3.05, 3.63) is 41.0 Å². The van der Waals surface area contributed by atoms with Crippen LogP contribution in [0.2, 0.25) is 0 Å². The average Bonchev–Trinajstić information content (AvgIpc) is 3.00. The highest BCUT2D eigenvalue weighted by molar-refractivity contribution is 5.76. The lowest BCUT2D eigenvalue weighted by Gasteiger charge is -2.46. The molecule has 1 aromatic rings. The predicted octanol–water partition coefficient (Wildman–Crippen LogP) is 4.96. The molecule has 0 spiro atoms. The molecule has 4 aliphatic rings. The number of nitrogens with zero attached hydrogens (tertiary/aromatic N) is 2. The molecule has 1 saturated carbocycles. The number of carbonyl (C=O) groups excluding carboxylic acids is 1. The van der Waals surface area contributed by atoms with Crippen molar-refractivity contribution < 1.29 is 9.53 Å². The molecule has 2 saturated heterocycles. The second kappa shape index (κ2) is 7.95. The van der Waals surface area contributed by atoms with Crippen molar-refractivity contribution >= 4 is 11.7 Å². The first-order valence-corrected chi connectivity index (χ1v) is 12.3. The highest BCUT2D eigenvalue weighted by atomic mass is 16.6. The number of ether oxygens (including phenoxy) is 1. The first kappa shape index (κ1) is 21.1. The van der Waals surface area contributed by atoms with E-state index < -0.39 is 0 Å². The van der Waals surface area contributed by atoms with E-state index in [2.05, 4.69) is 61.8 Å². The Bertz CT molecular complexity index is 893. The van der Waals surface area contributed by atoms with E-state index >= 15 is 0 Å². The minimum absolute atomic E-state index is 0.0366. The SMILES string of the molecule is CC1=C2CC3C(CC2(C)CCC1)OC(=O)C3CN1CCN(c2cccc(C)c2)C(C)C1. The molecule has 0 amide bonds. The highest BCUT2D eigenvalue weighted by Crippen LogP contribution is 2.55. The van der Waals surface area contributed by atoms with Crippen LogP contribution < -0.4 is 4.90 Å². The number of allylic oxidation sites excluding steroid dienone is 2. The van der Waals surface area contributed by atoms with Crippen LogP contribution in [-0.2, 0) is 9.53 Å². The Morgan fingerprint density at radius 1 is 1.23 bits per heavy atom. The van der Waals surface area contributed by atoms with Crippen LogP contribution in [0.4, 0.5) is 5.69 Å². The molecule has 2 heterocycles. The van der Waals surface area contributed by atoms with E-state index in [0.717, 1.165) is 39.0 Å². The van der Waals surface area contributed by atoms with E-state index in [1.165, 1.54) is 30.5 Å². The summed E-state index contributed by atoms with van der Waals surface area (Å²) in [5.41, 5.74) is 6.13. The van der Waals surface area contributed by atoms with Crippen molar-refractivity contribution in [2.24, 2.45) is 17.3 Å². The van der Waals surface area contributed by atoms with Crippen molar-refractivity contribution in [2.45, 2.75) is 71.9 Å². The summed E-state index contributed by atoms with van der Waals surface area (Å²) in [7, 11) is 0. The van der Waals surface area contributed by atoms with Crippen LogP contribution in [-0.4, -0.2) is 49.2 Å². The molecule has 4 heteroatoms. The van der Waals surface area contributed by atoms with Crippen LogP contribution in [0.25, 0.3) is 0 Å². The summed E-state index contributed by atoms with van der Waals surface area (Å²) < 4.78 is 6.00. The van der Waals surface area contributed by atoms with Gasteiger partial charge in [0.2, 0.25) is 0 Å². The molecule has 2 aliphatic carbocycles. The van der Waals surface area contributed by atoms with Crippen LogP contribution in [0, 0.1) is 24.2 Å². The van der Waals surface area contributed by atoms with Crippen molar-refractivity contribution in [1.29, 1.82) is 0 Å². The van der Waals surface area contributed by atoms with Gasteiger partial charge in [-0.25, -0.2) is 0 Å². The van der Waals surface area contributed by atoms with Gasteiger partial charge in [-0.2, -0.15) is 0 Å². The summed E-state index contributed by atoms with van der Waals surface area (Å²) >= 11 is 0. The second-order valence-electron chi connectivity index (χ2n) is 11.0. The summed E-state index contributed by atoms with van der Waals surface area (Å²) in [6.45, 7) is 13.1. The molecule has 168 valence electrons. The third-order valence-corrected chi connectivity index (χ3v) is 8.68. The number of piperazine rings is 1. The molecule has 31 heavy (non-hydrogen) atoms. The van der Waals surface area contributed by atoms with E-state index in [-0.39, 0.29) is 23.4 Å². The molecule has 5 rings (SSSR count). The van der Waals surface area contributed by atoms with Gasteiger partial charge < -0.3 is 9.64 Å². The lowest BCUT2D eigenvalue weighted by molar-refractivity contribution is -0.145. The van der Waals surface area contributed by atoms with Gasteiger partial charge in [-0.15, -0.1) is 0 Å². The van der Waals surface area contributed by atoms with Crippen molar-refractivity contribution in [1.82, 2.24) is 4.90 Å². The highest BCUT2D eigenvalue weighted by Gasteiger charge is 2.53. The molecule has 0 N–H and O–H groups in total. The zero-order chi connectivity index (χ0) is 21.8. The molecular weight excluding hydrogens is 384 g/mol. The summed E-state index contributed by atoms with van der Waals surface area (Å²) in [5, 5.41) is 0. The minimum Gasteiger partial charge on any atom is -0.462 e. The van der Waals surface area contributed by atoms with Crippen LogP contribution >= 0.6 is 0 Å². The molecule has 0 bridgehead atoms. The monoisotopic (exact) mass is 422 g/mol. The van der Waals surface area contributed by atoms with Gasteiger partial charge in [-0.3, -0.25) is 9.69 Å². The molecule has 4 nitrogen and oxygen atoms in total. The summed E-state index contributed by atoms with van der Waals surface area (Å²) in [6, 6.07) is 9.26. The van der Waals surface area contributed by atoms with Crippen LogP contribution in [0.1, 0.15) is 58.4 Å². The fourth-order valence-electron chi connectivity index (χ4n) is 6.99. The number of esters is 1. The Hall–Kier alpha value is -1.81. The van der Waals surface area contributed by atoms with Gasteiger partial charge >= 0.3 is 5.97 Å². The van der Waals surface area contributed by atoms with Gasteiger partial charge in [-0.1, -0.05) is 30.2 Å². The predicted molar refractivity (Wildman–Crippen MR) is 125 cm³/mol. The van der Waals surface area contributed by atoms with Crippen molar-refractivity contribution in [3.63, 3.8) is 0 Å². The van der Waals surface area contributed by atoms with Crippen LogP contribution in [0.3, 0.4) is 0 Å². The Balaban J connectivity index is 1.27. The van der Waals surface area contributed by atoms with E-state index in [1.54, 1.807) is 11.1 Å². The number of hydrogen-bond acceptors (Lipinski definition) is 4. The van der Waals surface area contributed by atoms with Crippen molar-refractivity contribution in [2.75, 3.05) is 31.1 Å². The lowest BCUT2D eigenvalue weighted by Crippen LogP contribution is -2.53. The number of fused-ring (bicyclic) bond motifs is 2. The first-order valence-electron chi connectivity index (χ1n) is 12.3. The maximum Gasteiger partial charge on any atom is 0.310 e. The standard InChI is InChI=1S/C27H38N2O2/c1-18-7-5-9-21(13-18)29-12-11-28(16-20(29)3)17-23-22-14-24-19(2)8-6-10-27(24,4)15-25(22)31-26(23)30/h5,7,9,13,20,22-23,25H,6,8,10-12,14-17H2,1-4H3. The van der Waals surface area contributed by atoms with Crippen molar-refractivity contribution in [3.8, 4) is 0 Å². The normalized spacial score (nSPS) is 36.3. The topological polar surface area (TPSA) is 32.8 Å². The zero-order valence-corrected chi connectivity index (χ0v) is 19.7. The molecule has 0 aromatic heterocycles. The zero-order valence-electron chi connectivity index (χ0n) is 19.7. The Morgan fingerprint density at radius 3 is 2.84 bits per heavy atom. The third kappa shape index (κ3) is 3.82. The number of rotatable bonds is 3. The van der Waals surface area contributed by atoms with Crippen LogP contribution in [0.5, 0.6) is 0 Å². The van der Waals surface area contributed by atoms with E-state index in [0.29, 0.717) is 12.0 Å². The largest absolute Gasteiger partial charge is 0.462 e. The van der Waals surface area contributed by atoms with E-state index in [9.17, 15) is 4.79 Å². The maximum atomic E-state index is 12.9. The number of anilines is 1. The molecule has 3 fully saturated rings. The second-order valence-corrected chi connectivity index (χ2v) is 11.0. The van der Waals surface area contributed by atoms with Gasteiger partial charge in [0.05, 0.1) is 5.92 Å². The van der Waals surface area contributed by atoms with Crippen LogP contribution in [0.15, 0.2) is 35.4 Å². The molecule has 0 radical (unpaired) electrons. The van der Waals surface area contributed by atoms with E-state index in [1.807, 2.05) is 0 Å². The molecule has 5 unspecified atom stereocenters. The summed E-state index contributed by atoms with van der Waals surface area (Å²) in [6.07, 6.45) is 6.00. The van der Waals surface area contributed by atoms with Gasteiger partial charge in [0.15, 0.2) is 0 Å². The summed E-state index contributed by atoms with van der Waals surface area (Å²) in [5.74, 6) is 0.465. The Morgan fingerprint density at radius 2 is 2.06 bits per heavy atom. The number of hydrogen-bond donors (Lipinski definition) is 0. The molecular formula is C27H38N2O2. The molecule has 1 aromatic carbocycles. The fourth-order valence-corrected chi connectivity index (χ4v) is 6.99. The third-order valence-electron chi connectivity index (χ3n) is 8.68. The van der Waals surface area contributed by atoms with Gasteiger partial charge in [0.25, 0.3) is 0 Å². The quantitative estimate of drug-likeness (QED) is 0.509. The number of aryl methyl sites for hydroxylation is 1. The van der Waals surface area contributed by atoms with Gasteiger partial charge in [0, 0.05) is 43.8 Å². The Labute approximate surface area is 187 Å². The van der Waals surface area contributed by atoms with Gasteiger partial charge in [-0.05, 0) is 76.0 Å². The Kier molecular flexibility index (Phi) is 5.40. The molecule has 2 aliphatic heterocycles. The summed E-state index contributed by atoms with van der Waals surface area (Å²) in [4.78, 5) is 18.0. The first-order chi connectivity index (χ1) is 14.8. The minimum atomic E-state index is 0.0366. The number of benzene rings is 1. The average molecular weight is 423 g/mol.